The Hall–Kier alpha value is -1.76. The molecule has 2 aromatic carbocycles. The van der Waals surface area contributed by atoms with Crippen LogP contribution >= 0.6 is 0 Å². The van der Waals surface area contributed by atoms with Crippen molar-refractivity contribution in [3.05, 3.63) is 54.6 Å². The van der Waals surface area contributed by atoms with Crippen LogP contribution in [-0.2, 0) is 0 Å². The molecule has 2 aromatic rings. The SMILES string of the molecule is CCCCCOc1ccccc1-c1ccccc1. The molecule has 0 spiro atoms. The Morgan fingerprint density at radius 1 is 0.833 bits per heavy atom. The summed E-state index contributed by atoms with van der Waals surface area (Å²) < 4.78 is 5.89. The molecule has 0 saturated carbocycles. The summed E-state index contributed by atoms with van der Waals surface area (Å²) in [5.41, 5.74) is 2.39. The maximum absolute atomic E-state index is 5.89. The van der Waals surface area contributed by atoms with Gasteiger partial charge in [-0.3, -0.25) is 0 Å². The van der Waals surface area contributed by atoms with E-state index >= 15 is 0 Å². The predicted molar refractivity (Wildman–Crippen MR) is 76.9 cm³/mol. The molecular formula is C17H20O. The Morgan fingerprint density at radius 2 is 1.56 bits per heavy atom. The van der Waals surface area contributed by atoms with Crippen molar-refractivity contribution >= 4 is 0 Å². The average Bonchev–Trinajstić information content (AvgIpc) is 2.45. The van der Waals surface area contributed by atoms with Crippen LogP contribution in [0.3, 0.4) is 0 Å². The van der Waals surface area contributed by atoms with Gasteiger partial charge in [0.1, 0.15) is 5.75 Å². The van der Waals surface area contributed by atoms with E-state index in [-0.39, 0.29) is 0 Å². The van der Waals surface area contributed by atoms with E-state index in [0.29, 0.717) is 0 Å². The molecule has 0 aliphatic rings. The summed E-state index contributed by atoms with van der Waals surface area (Å²) in [5, 5.41) is 0. The van der Waals surface area contributed by atoms with Crippen molar-refractivity contribution in [1.29, 1.82) is 0 Å². The van der Waals surface area contributed by atoms with E-state index in [1.807, 2.05) is 18.2 Å². The van der Waals surface area contributed by atoms with Crippen LogP contribution in [0.25, 0.3) is 11.1 Å². The molecule has 0 aliphatic carbocycles. The summed E-state index contributed by atoms with van der Waals surface area (Å²) >= 11 is 0. The van der Waals surface area contributed by atoms with Crippen LogP contribution in [0.4, 0.5) is 0 Å². The highest BCUT2D eigenvalue weighted by Crippen LogP contribution is 2.29. The molecule has 0 amide bonds. The van der Waals surface area contributed by atoms with Crippen LogP contribution < -0.4 is 4.74 Å². The van der Waals surface area contributed by atoms with Gasteiger partial charge in [-0.2, -0.15) is 0 Å². The first-order chi connectivity index (χ1) is 8.92. The second kappa shape index (κ2) is 6.85. The number of rotatable bonds is 6. The number of benzene rings is 2. The summed E-state index contributed by atoms with van der Waals surface area (Å²) in [6, 6.07) is 18.6. The number of ether oxygens (including phenoxy) is 1. The summed E-state index contributed by atoms with van der Waals surface area (Å²) in [4.78, 5) is 0. The molecular weight excluding hydrogens is 220 g/mol. The topological polar surface area (TPSA) is 9.23 Å². The summed E-state index contributed by atoms with van der Waals surface area (Å²) in [7, 11) is 0. The smallest absolute Gasteiger partial charge is 0.127 e. The highest BCUT2D eigenvalue weighted by atomic mass is 16.5. The zero-order chi connectivity index (χ0) is 12.6. The first-order valence-corrected chi connectivity index (χ1v) is 6.69. The summed E-state index contributed by atoms with van der Waals surface area (Å²) in [6.45, 7) is 3.01. The highest BCUT2D eigenvalue weighted by Gasteiger charge is 2.04. The third-order valence-corrected chi connectivity index (χ3v) is 2.98. The fourth-order valence-electron chi connectivity index (χ4n) is 1.98. The Kier molecular flexibility index (Phi) is 4.83. The molecule has 0 aromatic heterocycles. The molecule has 94 valence electrons. The highest BCUT2D eigenvalue weighted by molar-refractivity contribution is 5.70. The monoisotopic (exact) mass is 240 g/mol. The molecule has 0 aliphatic heterocycles. The van der Waals surface area contributed by atoms with E-state index in [2.05, 4.69) is 43.3 Å². The lowest BCUT2D eigenvalue weighted by Crippen LogP contribution is -1.98. The Balaban J connectivity index is 2.11. The standard InChI is InChI=1S/C17H20O/c1-2-3-9-14-18-17-13-8-7-12-16(17)15-10-5-4-6-11-15/h4-8,10-13H,2-3,9,14H2,1H3. The lowest BCUT2D eigenvalue weighted by molar-refractivity contribution is 0.307. The van der Waals surface area contributed by atoms with E-state index in [9.17, 15) is 0 Å². The molecule has 1 heteroatoms. The van der Waals surface area contributed by atoms with Crippen molar-refractivity contribution in [3.63, 3.8) is 0 Å². The van der Waals surface area contributed by atoms with Crippen molar-refractivity contribution in [3.8, 4) is 16.9 Å². The van der Waals surface area contributed by atoms with E-state index in [1.165, 1.54) is 24.0 Å². The zero-order valence-electron chi connectivity index (χ0n) is 10.9. The maximum atomic E-state index is 5.89. The number of para-hydroxylation sites is 1. The normalized spacial score (nSPS) is 10.3. The molecule has 2 rings (SSSR count). The molecule has 18 heavy (non-hydrogen) atoms. The minimum atomic E-state index is 0.803. The van der Waals surface area contributed by atoms with E-state index in [0.717, 1.165) is 18.8 Å². The van der Waals surface area contributed by atoms with Gasteiger partial charge < -0.3 is 4.74 Å². The molecule has 0 heterocycles. The van der Waals surface area contributed by atoms with Crippen LogP contribution in [0.1, 0.15) is 26.2 Å². The first kappa shape index (κ1) is 12.7. The van der Waals surface area contributed by atoms with Crippen molar-refractivity contribution < 1.29 is 4.74 Å². The fraction of sp³-hybridized carbons (Fsp3) is 0.294. The third kappa shape index (κ3) is 3.36. The second-order valence-electron chi connectivity index (χ2n) is 4.42. The van der Waals surface area contributed by atoms with Crippen LogP contribution in [0, 0.1) is 0 Å². The van der Waals surface area contributed by atoms with Crippen molar-refractivity contribution in [2.75, 3.05) is 6.61 Å². The van der Waals surface area contributed by atoms with Crippen LogP contribution in [0.15, 0.2) is 54.6 Å². The van der Waals surface area contributed by atoms with Crippen molar-refractivity contribution in [2.45, 2.75) is 26.2 Å². The van der Waals surface area contributed by atoms with Gasteiger partial charge in [0.2, 0.25) is 0 Å². The van der Waals surface area contributed by atoms with Gasteiger partial charge in [-0.1, -0.05) is 68.3 Å². The fourth-order valence-corrected chi connectivity index (χ4v) is 1.98. The minimum absolute atomic E-state index is 0.803. The van der Waals surface area contributed by atoms with Crippen LogP contribution in [0.5, 0.6) is 5.75 Å². The second-order valence-corrected chi connectivity index (χ2v) is 4.42. The molecule has 0 saturated heterocycles. The van der Waals surface area contributed by atoms with Crippen molar-refractivity contribution in [1.82, 2.24) is 0 Å². The van der Waals surface area contributed by atoms with Gasteiger partial charge in [0.15, 0.2) is 0 Å². The zero-order valence-corrected chi connectivity index (χ0v) is 10.9. The van der Waals surface area contributed by atoms with Gasteiger partial charge in [-0.15, -0.1) is 0 Å². The molecule has 0 bridgehead atoms. The molecule has 0 unspecified atom stereocenters. The molecule has 0 fully saturated rings. The number of unbranched alkanes of at least 4 members (excludes halogenated alkanes) is 2. The minimum Gasteiger partial charge on any atom is -0.493 e. The summed E-state index contributed by atoms with van der Waals surface area (Å²) in [6.07, 6.45) is 3.58. The largest absolute Gasteiger partial charge is 0.493 e. The molecule has 1 nitrogen and oxygen atoms in total. The maximum Gasteiger partial charge on any atom is 0.127 e. The quantitative estimate of drug-likeness (QED) is 0.651. The van der Waals surface area contributed by atoms with Gasteiger partial charge in [-0.25, -0.2) is 0 Å². The third-order valence-electron chi connectivity index (χ3n) is 2.98. The average molecular weight is 240 g/mol. The predicted octanol–water partition coefficient (Wildman–Crippen LogP) is 4.92. The Bertz CT molecular complexity index is 462. The lowest BCUT2D eigenvalue weighted by atomic mass is 10.1. The van der Waals surface area contributed by atoms with E-state index in [4.69, 9.17) is 4.74 Å². The van der Waals surface area contributed by atoms with Gasteiger partial charge in [-0.05, 0) is 18.1 Å². The van der Waals surface area contributed by atoms with Crippen LogP contribution in [-0.4, -0.2) is 6.61 Å². The van der Waals surface area contributed by atoms with Crippen LogP contribution in [0.2, 0.25) is 0 Å². The Labute approximate surface area is 109 Å². The van der Waals surface area contributed by atoms with E-state index < -0.39 is 0 Å². The summed E-state index contributed by atoms with van der Waals surface area (Å²) in [5.74, 6) is 0.986. The first-order valence-electron chi connectivity index (χ1n) is 6.69. The molecule has 0 N–H and O–H groups in total. The van der Waals surface area contributed by atoms with Gasteiger partial charge >= 0.3 is 0 Å². The van der Waals surface area contributed by atoms with E-state index in [1.54, 1.807) is 0 Å². The Morgan fingerprint density at radius 3 is 2.33 bits per heavy atom. The van der Waals surface area contributed by atoms with Crippen molar-refractivity contribution in [2.24, 2.45) is 0 Å². The lowest BCUT2D eigenvalue weighted by Gasteiger charge is -2.11. The molecule has 0 radical (unpaired) electrons. The molecule has 0 atom stereocenters. The van der Waals surface area contributed by atoms with Gasteiger partial charge in [0, 0.05) is 5.56 Å². The van der Waals surface area contributed by atoms with Gasteiger partial charge in [0.05, 0.1) is 6.61 Å². The number of hydrogen-bond donors (Lipinski definition) is 0. The van der Waals surface area contributed by atoms with Gasteiger partial charge in [0.25, 0.3) is 0 Å². The number of hydrogen-bond acceptors (Lipinski definition) is 1.